The Balaban J connectivity index is 1.41. The first-order valence-corrected chi connectivity index (χ1v) is 10.4. The van der Waals surface area contributed by atoms with Crippen molar-refractivity contribution in [3.8, 4) is 5.88 Å². The van der Waals surface area contributed by atoms with Crippen molar-refractivity contribution in [1.29, 1.82) is 0 Å². The zero-order valence-corrected chi connectivity index (χ0v) is 16.9. The Labute approximate surface area is 167 Å². The zero-order chi connectivity index (χ0) is 19.8. The molecule has 2 saturated carbocycles. The van der Waals surface area contributed by atoms with Gasteiger partial charge >= 0.3 is 5.97 Å². The molecule has 2 aliphatic rings. The lowest BCUT2D eigenvalue weighted by Crippen LogP contribution is -2.45. The number of nitrogens with zero attached hydrogens (tertiary/aromatic N) is 2. The third kappa shape index (κ3) is 6.39. The van der Waals surface area contributed by atoms with Crippen LogP contribution in [0.5, 0.6) is 5.88 Å². The highest BCUT2D eigenvalue weighted by molar-refractivity contribution is 5.80. The van der Waals surface area contributed by atoms with Gasteiger partial charge in [0.05, 0.1) is 19.1 Å². The van der Waals surface area contributed by atoms with Gasteiger partial charge in [0.25, 0.3) is 0 Å². The van der Waals surface area contributed by atoms with E-state index in [-0.39, 0.29) is 11.9 Å². The van der Waals surface area contributed by atoms with Gasteiger partial charge < -0.3 is 20.1 Å². The summed E-state index contributed by atoms with van der Waals surface area (Å²) < 4.78 is 10.9. The topological polar surface area (TPSA) is 84.8 Å². The number of hydrogen-bond donors (Lipinski definition) is 2. The van der Waals surface area contributed by atoms with Crippen LogP contribution in [0.4, 0.5) is 0 Å². The first-order chi connectivity index (χ1) is 13.7. The Morgan fingerprint density at radius 3 is 2.71 bits per heavy atom. The second kappa shape index (κ2) is 10.3. The number of esters is 1. The molecule has 0 saturated heterocycles. The summed E-state index contributed by atoms with van der Waals surface area (Å²) in [6, 6.07) is 4.29. The molecule has 0 unspecified atom stereocenters. The van der Waals surface area contributed by atoms with Gasteiger partial charge in [-0.15, -0.1) is 0 Å². The van der Waals surface area contributed by atoms with E-state index in [1.165, 1.54) is 12.8 Å². The minimum Gasteiger partial charge on any atom is -0.477 e. The van der Waals surface area contributed by atoms with Crippen LogP contribution in [0.2, 0.25) is 0 Å². The molecule has 2 fully saturated rings. The molecule has 0 aromatic carbocycles. The van der Waals surface area contributed by atoms with E-state index in [4.69, 9.17) is 9.47 Å². The van der Waals surface area contributed by atoms with Crippen LogP contribution in [-0.4, -0.2) is 43.2 Å². The fourth-order valence-corrected chi connectivity index (χ4v) is 3.43. The quantitative estimate of drug-likeness (QED) is 0.405. The summed E-state index contributed by atoms with van der Waals surface area (Å²) >= 11 is 0. The fraction of sp³-hybridized carbons (Fsp3) is 0.667. The predicted octanol–water partition coefficient (Wildman–Crippen LogP) is 2.66. The molecule has 0 aliphatic heterocycles. The van der Waals surface area contributed by atoms with Crippen LogP contribution in [0.1, 0.15) is 51.0 Å². The maximum atomic E-state index is 11.9. The Kier molecular flexibility index (Phi) is 7.51. The number of hydrogen-bond acceptors (Lipinski definition) is 5. The molecule has 154 valence electrons. The maximum Gasteiger partial charge on any atom is 0.308 e. The number of aliphatic imine (C=N–C) groups is 1. The predicted molar refractivity (Wildman–Crippen MR) is 108 cm³/mol. The zero-order valence-electron chi connectivity index (χ0n) is 16.9. The van der Waals surface area contributed by atoms with E-state index in [9.17, 15) is 4.79 Å². The van der Waals surface area contributed by atoms with Gasteiger partial charge in [0.15, 0.2) is 5.96 Å². The van der Waals surface area contributed by atoms with Crippen LogP contribution in [0, 0.1) is 11.8 Å². The Morgan fingerprint density at radius 1 is 1.25 bits per heavy atom. The van der Waals surface area contributed by atoms with E-state index in [0.717, 1.165) is 43.8 Å². The molecule has 28 heavy (non-hydrogen) atoms. The molecule has 0 bridgehead atoms. The molecule has 7 heteroatoms. The minimum absolute atomic E-state index is 0.0406. The molecule has 0 radical (unpaired) electrons. The molecule has 2 aliphatic carbocycles. The van der Waals surface area contributed by atoms with Crippen molar-refractivity contribution in [2.75, 3.05) is 20.3 Å². The number of carbonyl (C=O) groups is 1. The molecule has 3 rings (SSSR count). The first kappa shape index (κ1) is 20.4. The van der Waals surface area contributed by atoms with Gasteiger partial charge in [-0.2, -0.15) is 0 Å². The summed E-state index contributed by atoms with van der Waals surface area (Å²) in [7, 11) is 1.77. The van der Waals surface area contributed by atoms with Crippen LogP contribution in [-0.2, 0) is 16.1 Å². The largest absolute Gasteiger partial charge is 0.477 e. The molecule has 7 nitrogen and oxygen atoms in total. The van der Waals surface area contributed by atoms with Crippen LogP contribution < -0.4 is 15.4 Å². The van der Waals surface area contributed by atoms with E-state index in [1.807, 2.05) is 19.1 Å². The lowest BCUT2D eigenvalue weighted by Gasteiger charge is -2.29. The van der Waals surface area contributed by atoms with Crippen molar-refractivity contribution in [3.05, 3.63) is 23.9 Å². The molecule has 0 spiro atoms. The Bertz CT molecular complexity index is 667. The van der Waals surface area contributed by atoms with Crippen molar-refractivity contribution in [1.82, 2.24) is 15.6 Å². The average Bonchev–Trinajstić information content (AvgIpc) is 3.55. The lowest BCUT2D eigenvalue weighted by atomic mass is 9.86. The van der Waals surface area contributed by atoms with Crippen molar-refractivity contribution in [2.24, 2.45) is 16.8 Å². The third-order valence-electron chi connectivity index (χ3n) is 5.33. The van der Waals surface area contributed by atoms with E-state index in [2.05, 4.69) is 20.6 Å². The minimum atomic E-state index is -0.0548. The molecule has 1 aromatic heterocycles. The standard InChI is InChI=1S/C21H32N4O3/c1-3-27-20(26)17-6-8-18(9-7-17)25-21(22-2)24-13-16-10-11-23-19(12-16)28-14-15-4-5-15/h10-12,15,17-18H,3-9,13-14H2,1-2H3,(H2,22,24,25). The number of nitrogens with one attached hydrogen (secondary N) is 2. The lowest BCUT2D eigenvalue weighted by molar-refractivity contribution is -0.149. The van der Waals surface area contributed by atoms with Gasteiger partial charge in [0, 0.05) is 31.9 Å². The van der Waals surface area contributed by atoms with Crippen LogP contribution >= 0.6 is 0 Å². The highest BCUT2D eigenvalue weighted by Crippen LogP contribution is 2.29. The summed E-state index contributed by atoms with van der Waals surface area (Å²) in [6.07, 6.45) is 7.93. The van der Waals surface area contributed by atoms with Gasteiger partial charge in [-0.05, 0) is 63.0 Å². The fourth-order valence-electron chi connectivity index (χ4n) is 3.43. The van der Waals surface area contributed by atoms with Crippen LogP contribution in [0.25, 0.3) is 0 Å². The number of aromatic nitrogens is 1. The summed E-state index contributed by atoms with van der Waals surface area (Å²) in [6.45, 7) is 3.73. The molecule has 1 aromatic rings. The SMILES string of the molecule is CCOC(=O)C1CCC(NC(=NC)NCc2ccnc(OCC3CC3)c2)CC1. The first-order valence-electron chi connectivity index (χ1n) is 10.4. The van der Waals surface area contributed by atoms with Gasteiger partial charge in [0.1, 0.15) is 0 Å². The number of guanidine groups is 1. The molecule has 0 atom stereocenters. The summed E-state index contributed by atoms with van der Waals surface area (Å²) in [5.41, 5.74) is 1.11. The van der Waals surface area contributed by atoms with E-state index in [0.29, 0.717) is 31.0 Å². The summed E-state index contributed by atoms with van der Waals surface area (Å²) in [4.78, 5) is 20.5. The van der Waals surface area contributed by atoms with E-state index < -0.39 is 0 Å². The van der Waals surface area contributed by atoms with Crippen molar-refractivity contribution in [2.45, 2.75) is 58.0 Å². The molecule has 2 N–H and O–H groups in total. The monoisotopic (exact) mass is 388 g/mol. The Morgan fingerprint density at radius 2 is 2.04 bits per heavy atom. The number of rotatable bonds is 8. The second-order valence-electron chi connectivity index (χ2n) is 7.63. The molecular weight excluding hydrogens is 356 g/mol. The normalized spacial score (nSPS) is 22.4. The van der Waals surface area contributed by atoms with Crippen LogP contribution in [0.3, 0.4) is 0 Å². The number of carbonyl (C=O) groups excluding carboxylic acids is 1. The van der Waals surface area contributed by atoms with Crippen LogP contribution in [0.15, 0.2) is 23.3 Å². The number of ether oxygens (including phenoxy) is 2. The van der Waals surface area contributed by atoms with Crippen molar-refractivity contribution in [3.63, 3.8) is 0 Å². The van der Waals surface area contributed by atoms with Crippen molar-refractivity contribution < 1.29 is 14.3 Å². The van der Waals surface area contributed by atoms with Gasteiger partial charge in [-0.3, -0.25) is 9.79 Å². The third-order valence-corrected chi connectivity index (χ3v) is 5.33. The molecule has 1 heterocycles. The smallest absolute Gasteiger partial charge is 0.308 e. The second-order valence-corrected chi connectivity index (χ2v) is 7.63. The van der Waals surface area contributed by atoms with E-state index >= 15 is 0 Å². The Hall–Kier alpha value is -2.31. The summed E-state index contributed by atoms with van der Waals surface area (Å²) in [5, 5.41) is 6.83. The molecular formula is C21H32N4O3. The van der Waals surface area contributed by atoms with Gasteiger partial charge in [-0.25, -0.2) is 4.98 Å². The number of pyridine rings is 1. The molecule has 0 amide bonds. The summed E-state index contributed by atoms with van der Waals surface area (Å²) in [5.74, 6) is 2.16. The highest BCUT2D eigenvalue weighted by atomic mass is 16.5. The van der Waals surface area contributed by atoms with E-state index in [1.54, 1.807) is 13.2 Å². The average molecular weight is 389 g/mol. The van der Waals surface area contributed by atoms with Gasteiger partial charge in [-0.1, -0.05) is 0 Å². The van der Waals surface area contributed by atoms with Crippen molar-refractivity contribution >= 4 is 11.9 Å². The highest BCUT2D eigenvalue weighted by Gasteiger charge is 2.27. The maximum absolute atomic E-state index is 11.9. The van der Waals surface area contributed by atoms with Gasteiger partial charge in [0.2, 0.25) is 5.88 Å².